The minimum atomic E-state index is -0.523. The predicted octanol–water partition coefficient (Wildman–Crippen LogP) is 5.70. The molecule has 5 rings (SSSR count). The lowest BCUT2D eigenvalue weighted by Crippen LogP contribution is -2.42. The highest BCUT2D eigenvalue weighted by Crippen LogP contribution is 2.32. The highest BCUT2D eigenvalue weighted by Gasteiger charge is 2.33. The maximum atomic E-state index is 13.8. The molecule has 0 bridgehead atoms. The number of halogens is 2. The van der Waals surface area contributed by atoms with Gasteiger partial charge >= 0.3 is 0 Å². The number of aromatic nitrogens is 2. The summed E-state index contributed by atoms with van der Waals surface area (Å²) in [6.07, 6.45) is 7.92. The number of carbonyl (C=O) groups is 2. The summed E-state index contributed by atoms with van der Waals surface area (Å²) < 4.78 is 15.5. The number of hydrogen-bond acceptors (Lipinski definition) is 3. The fourth-order valence-electron chi connectivity index (χ4n) is 4.66. The standard InChI is InChI=1S/C27H28ClFN4O2/c28-22-14-21(12-13-23(22)29)33-16-24(19-6-2-1-3-7-19)30-27(33)31-25(34)17-32(15-18-10-11-18)26(35)20-8-4-5-9-20/h1-3,6-7,12-14,16,18,20H,4-5,8-11,15,17H2,(H,30,31,34). The molecule has 0 spiro atoms. The summed E-state index contributed by atoms with van der Waals surface area (Å²) in [6, 6.07) is 13.9. The summed E-state index contributed by atoms with van der Waals surface area (Å²) in [7, 11) is 0. The molecule has 0 unspecified atom stereocenters. The molecular weight excluding hydrogens is 467 g/mol. The lowest BCUT2D eigenvalue weighted by atomic mass is 10.1. The van der Waals surface area contributed by atoms with E-state index in [0.717, 1.165) is 44.1 Å². The average molecular weight is 495 g/mol. The predicted molar refractivity (Wildman–Crippen MR) is 134 cm³/mol. The maximum absolute atomic E-state index is 13.8. The SMILES string of the molecule is O=C(CN(CC1CC1)C(=O)C1CCCC1)Nc1nc(-c2ccccc2)cn1-c1ccc(F)c(Cl)c1. The van der Waals surface area contributed by atoms with E-state index in [1.807, 2.05) is 30.3 Å². The van der Waals surface area contributed by atoms with Gasteiger partial charge in [-0.05, 0) is 49.8 Å². The van der Waals surface area contributed by atoms with E-state index in [-0.39, 0.29) is 35.2 Å². The summed E-state index contributed by atoms with van der Waals surface area (Å²) in [5.41, 5.74) is 2.10. The molecule has 1 heterocycles. The Labute approximate surface area is 209 Å². The van der Waals surface area contributed by atoms with Crippen LogP contribution in [0.15, 0.2) is 54.7 Å². The molecule has 0 saturated heterocycles. The minimum absolute atomic E-state index is 0.0104. The molecule has 2 aromatic carbocycles. The summed E-state index contributed by atoms with van der Waals surface area (Å²) in [4.78, 5) is 32.6. The van der Waals surface area contributed by atoms with Crippen molar-refractivity contribution in [2.75, 3.05) is 18.4 Å². The minimum Gasteiger partial charge on any atom is -0.333 e. The van der Waals surface area contributed by atoms with Gasteiger partial charge in [-0.3, -0.25) is 19.5 Å². The van der Waals surface area contributed by atoms with Gasteiger partial charge in [0.05, 0.1) is 22.9 Å². The molecule has 2 aliphatic carbocycles. The van der Waals surface area contributed by atoms with Crippen molar-refractivity contribution in [3.8, 4) is 16.9 Å². The molecule has 182 valence electrons. The highest BCUT2D eigenvalue weighted by molar-refractivity contribution is 6.30. The van der Waals surface area contributed by atoms with E-state index in [0.29, 0.717) is 23.8 Å². The number of nitrogens with one attached hydrogen (secondary N) is 1. The third-order valence-corrected chi connectivity index (χ3v) is 7.02. The van der Waals surface area contributed by atoms with Crippen molar-refractivity contribution >= 4 is 29.4 Å². The molecule has 3 aromatic rings. The van der Waals surface area contributed by atoms with Crippen LogP contribution in [-0.2, 0) is 9.59 Å². The molecule has 2 fully saturated rings. The van der Waals surface area contributed by atoms with E-state index in [2.05, 4.69) is 10.3 Å². The van der Waals surface area contributed by atoms with Crippen LogP contribution in [0.2, 0.25) is 5.02 Å². The first-order chi connectivity index (χ1) is 17.0. The molecule has 0 radical (unpaired) electrons. The van der Waals surface area contributed by atoms with Crippen LogP contribution in [0.1, 0.15) is 38.5 Å². The quantitative estimate of drug-likeness (QED) is 0.437. The van der Waals surface area contributed by atoms with Gasteiger partial charge < -0.3 is 4.90 Å². The van der Waals surface area contributed by atoms with Crippen LogP contribution >= 0.6 is 11.6 Å². The van der Waals surface area contributed by atoms with Gasteiger partial charge in [-0.15, -0.1) is 0 Å². The molecule has 1 N–H and O–H groups in total. The zero-order valence-corrected chi connectivity index (χ0v) is 20.2. The largest absolute Gasteiger partial charge is 0.333 e. The number of nitrogens with zero attached hydrogens (tertiary/aromatic N) is 3. The third-order valence-electron chi connectivity index (χ3n) is 6.73. The monoisotopic (exact) mass is 494 g/mol. The molecule has 0 aliphatic heterocycles. The van der Waals surface area contributed by atoms with Crippen molar-refractivity contribution < 1.29 is 14.0 Å². The Kier molecular flexibility index (Phi) is 6.86. The summed E-state index contributed by atoms with van der Waals surface area (Å²) in [5, 5.41) is 2.86. The summed E-state index contributed by atoms with van der Waals surface area (Å²) >= 11 is 6.03. The smallest absolute Gasteiger partial charge is 0.246 e. The highest BCUT2D eigenvalue weighted by atomic mass is 35.5. The molecular formula is C27H28ClFN4O2. The van der Waals surface area contributed by atoms with Crippen LogP contribution in [-0.4, -0.2) is 39.4 Å². The van der Waals surface area contributed by atoms with Gasteiger partial charge in [-0.25, -0.2) is 9.37 Å². The van der Waals surface area contributed by atoms with Crippen molar-refractivity contribution in [2.45, 2.75) is 38.5 Å². The zero-order valence-electron chi connectivity index (χ0n) is 19.4. The molecule has 2 saturated carbocycles. The molecule has 2 aliphatic rings. The first-order valence-corrected chi connectivity index (χ1v) is 12.5. The second kappa shape index (κ2) is 10.2. The van der Waals surface area contributed by atoms with E-state index in [9.17, 15) is 14.0 Å². The lowest BCUT2D eigenvalue weighted by molar-refractivity contribution is -0.138. The van der Waals surface area contributed by atoms with E-state index in [4.69, 9.17) is 11.6 Å². The Morgan fingerprint density at radius 1 is 1.09 bits per heavy atom. The first kappa shape index (κ1) is 23.5. The molecule has 1 aromatic heterocycles. The Balaban J connectivity index is 1.40. The van der Waals surface area contributed by atoms with Crippen LogP contribution in [0.25, 0.3) is 16.9 Å². The average Bonchev–Trinajstić information content (AvgIpc) is 3.33. The number of anilines is 1. The molecule has 6 nitrogen and oxygen atoms in total. The van der Waals surface area contributed by atoms with Gasteiger partial charge in [-0.2, -0.15) is 0 Å². The van der Waals surface area contributed by atoms with E-state index in [1.165, 1.54) is 12.1 Å². The van der Waals surface area contributed by atoms with Crippen LogP contribution in [0.4, 0.5) is 10.3 Å². The normalized spacial score (nSPS) is 15.8. The fraction of sp³-hybridized carbons (Fsp3) is 0.370. The Morgan fingerprint density at radius 3 is 2.51 bits per heavy atom. The Morgan fingerprint density at radius 2 is 1.83 bits per heavy atom. The number of amides is 2. The number of hydrogen-bond donors (Lipinski definition) is 1. The van der Waals surface area contributed by atoms with Crippen LogP contribution in [0.5, 0.6) is 0 Å². The van der Waals surface area contributed by atoms with Crippen LogP contribution < -0.4 is 5.32 Å². The molecule has 0 atom stereocenters. The molecule has 2 amide bonds. The second-order valence-electron chi connectivity index (χ2n) is 9.48. The molecule has 35 heavy (non-hydrogen) atoms. The van der Waals surface area contributed by atoms with E-state index in [1.54, 1.807) is 21.7 Å². The maximum Gasteiger partial charge on any atom is 0.246 e. The third kappa shape index (κ3) is 5.56. The zero-order chi connectivity index (χ0) is 24.4. The number of rotatable bonds is 8. The first-order valence-electron chi connectivity index (χ1n) is 12.2. The number of benzene rings is 2. The van der Waals surface area contributed by atoms with E-state index < -0.39 is 5.82 Å². The Bertz CT molecular complexity index is 1220. The van der Waals surface area contributed by atoms with Gasteiger partial charge in [0, 0.05) is 24.2 Å². The van der Waals surface area contributed by atoms with Crippen molar-refractivity contribution in [3.05, 3.63) is 65.6 Å². The number of imidazole rings is 1. The van der Waals surface area contributed by atoms with E-state index >= 15 is 0 Å². The van der Waals surface area contributed by atoms with Gasteiger partial charge in [0.2, 0.25) is 17.8 Å². The van der Waals surface area contributed by atoms with Gasteiger partial charge in [0.15, 0.2) is 0 Å². The van der Waals surface area contributed by atoms with Crippen LogP contribution in [0, 0.1) is 17.7 Å². The van der Waals surface area contributed by atoms with Crippen LogP contribution in [0.3, 0.4) is 0 Å². The number of carbonyl (C=O) groups excluding carboxylic acids is 2. The van der Waals surface area contributed by atoms with Gasteiger partial charge in [-0.1, -0.05) is 54.8 Å². The second-order valence-corrected chi connectivity index (χ2v) is 9.88. The van der Waals surface area contributed by atoms with Gasteiger partial charge in [0.1, 0.15) is 5.82 Å². The molecule has 8 heteroatoms. The van der Waals surface area contributed by atoms with Crippen molar-refractivity contribution in [1.82, 2.24) is 14.5 Å². The van der Waals surface area contributed by atoms with Crippen molar-refractivity contribution in [1.29, 1.82) is 0 Å². The van der Waals surface area contributed by atoms with Crippen molar-refractivity contribution in [2.24, 2.45) is 11.8 Å². The Hall–Kier alpha value is -3.19. The topological polar surface area (TPSA) is 67.2 Å². The lowest BCUT2D eigenvalue weighted by Gasteiger charge is -2.25. The fourth-order valence-corrected chi connectivity index (χ4v) is 4.84. The van der Waals surface area contributed by atoms with Gasteiger partial charge in [0.25, 0.3) is 0 Å². The van der Waals surface area contributed by atoms with Crippen molar-refractivity contribution in [3.63, 3.8) is 0 Å². The summed E-state index contributed by atoms with van der Waals surface area (Å²) in [6.45, 7) is 0.615. The summed E-state index contributed by atoms with van der Waals surface area (Å²) in [5.74, 6) is 0.0531.